The lowest BCUT2D eigenvalue weighted by Crippen LogP contribution is -2.17. The molecule has 0 spiro atoms. The molecule has 0 saturated carbocycles. The minimum atomic E-state index is -0.706. The predicted octanol–water partition coefficient (Wildman–Crippen LogP) is 1.57. The largest absolute Gasteiger partial charge is 0.387 e. The molecule has 2 N–H and O–H groups in total. The molecule has 1 aromatic heterocycles. The summed E-state index contributed by atoms with van der Waals surface area (Å²) >= 11 is 0. The Hall–Kier alpha value is -1.72. The Kier molecular flexibility index (Phi) is 3.74. The van der Waals surface area contributed by atoms with Crippen LogP contribution in [0.1, 0.15) is 17.5 Å². The molecule has 1 aromatic carbocycles. The summed E-state index contributed by atoms with van der Waals surface area (Å²) in [6.45, 7) is 2.20. The van der Waals surface area contributed by atoms with Gasteiger partial charge in [-0.05, 0) is 31.7 Å². The fraction of sp³-hybridized carbons (Fsp3) is 0.308. The van der Waals surface area contributed by atoms with Crippen LogP contribution in [0.2, 0.25) is 0 Å². The third kappa shape index (κ3) is 2.42. The Labute approximate surface area is 105 Å². The summed E-state index contributed by atoms with van der Waals surface area (Å²) in [7, 11) is 1.74. The van der Waals surface area contributed by atoms with E-state index >= 15 is 0 Å². The quantitative estimate of drug-likeness (QED) is 0.864. The number of halogens is 1. The molecular weight excluding hydrogens is 233 g/mol. The number of hydrogen-bond donors (Lipinski definition) is 2. The van der Waals surface area contributed by atoms with Crippen LogP contribution in [0.25, 0.3) is 5.69 Å². The van der Waals surface area contributed by atoms with E-state index in [-0.39, 0.29) is 5.82 Å². The summed E-state index contributed by atoms with van der Waals surface area (Å²) < 4.78 is 15.7. The maximum Gasteiger partial charge on any atom is 0.147 e. The van der Waals surface area contributed by atoms with Crippen molar-refractivity contribution < 1.29 is 9.50 Å². The first kappa shape index (κ1) is 12.7. The molecule has 1 unspecified atom stereocenters. The van der Waals surface area contributed by atoms with Crippen LogP contribution in [-0.4, -0.2) is 28.3 Å². The van der Waals surface area contributed by atoms with E-state index in [1.165, 1.54) is 6.07 Å². The molecule has 2 aromatic rings. The van der Waals surface area contributed by atoms with Crippen LogP contribution < -0.4 is 5.32 Å². The number of nitrogens with one attached hydrogen (secondary N) is 1. The van der Waals surface area contributed by atoms with Gasteiger partial charge in [0.05, 0.1) is 11.8 Å². The molecule has 1 atom stereocenters. The second-order valence-electron chi connectivity index (χ2n) is 4.13. The SMILES string of the molecule is CNCC(O)c1ccc(-n2ccnc2C)c(F)c1. The van der Waals surface area contributed by atoms with Crippen LogP contribution in [0, 0.1) is 12.7 Å². The molecule has 18 heavy (non-hydrogen) atoms. The van der Waals surface area contributed by atoms with Crippen LogP contribution in [0.3, 0.4) is 0 Å². The van der Waals surface area contributed by atoms with Crippen molar-refractivity contribution in [3.05, 3.63) is 47.8 Å². The molecule has 1 heterocycles. The molecule has 0 amide bonds. The number of aryl methyl sites for hydroxylation is 1. The fourth-order valence-electron chi connectivity index (χ4n) is 1.87. The summed E-state index contributed by atoms with van der Waals surface area (Å²) in [5.41, 5.74) is 0.994. The number of imidazole rings is 1. The minimum Gasteiger partial charge on any atom is -0.387 e. The highest BCUT2D eigenvalue weighted by molar-refractivity contribution is 5.38. The highest BCUT2D eigenvalue weighted by Gasteiger charge is 2.11. The smallest absolute Gasteiger partial charge is 0.147 e. The lowest BCUT2D eigenvalue weighted by molar-refractivity contribution is 0.177. The number of hydrogen-bond acceptors (Lipinski definition) is 3. The van der Waals surface area contributed by atoms with Crippen LogP contribution in [0.15, 0.2) is 30.6 Å². The van der Waals surface area contributed by atoms with Gasteiger partial charge in [0, 0.05) is 18.9 Å². The van der Waals surface area contributed by atoms with E-state index < -0.39 is 6.10 Å². The number of rotatable bonds is 4. The van der Waals surface area contributed by atoms with Crippen molar-refractivity contribution >= 4 is 0 Å². The highest BCUT2D eigenvalue weighted by atomic mass is 19.1. The zero-order valence-electron chi connectivity index (χ0n) is 10.4. The summed E-state index contributed by atoms with van der Waals surface area (Å²) in [5, 5.41) is 12.6. The first-order chi connectivity index (χ1) is 8.63. The Morgan fingerprint density at radius 3 is 2.83 bits per heavy atom. The Morgan fingerprint density at radius 1 is 1.50 bits per heavy atom. The number of aliphatic hydroxyl groups is 1. The number of benzene rings is 1. The molecule has 0 saturated heterocycles. The van der Waals surface area contributed by atoms with E-state index in [1.807, 2.05) is 6.92 Å². The Bertz CT molecular complexity index is 539. The van der Waals surface area contributed by atoms with Gasteiger partial charge in [0.2, 0.25) is 0 Å². The number of aliphatic hydroxyl groups excluding tert-OH is 1. The molecule has 0 bridgehead atoms. The normalized spacial score (nSPS) is 12.7. The molecule has 0 radical (unpaired) electrons. The van der Waals surface area contributed by atoms with E-state index in [1.54, 1.807) is 36.1 Å². The van der Waals surface area contributed by atoms with Crippen molar-refractivity contribution in [1.82, 2.24) is 14.9 Å². The molecular formula is C13H16FN3O. The van der Waals surface area contributed by atoms with E-state index in [0.29, 0.717) is 17.8 Å². The van der Waals surface area contributed by atoms with Crippen molar-refractivity contribution in [3.63, 3.8) is 0 Å². The van der Waals surface area contributed by atoms with Crippen molar-refractivity contribution in [2.45, 2.75) is 13.0 Å². The number of nitrogens with zero attached hydrogens (tertiary/aromatic N) is 2. The van der Waals surface area contributed by atoms with Crippen molar-refractivity contribution in [2.24, 2.45) is 0 Å². The maximum absolute atomic E-state index is 14.0. The first-order valence-electron chi connectivity index (χ1n) is 5.76. The lowest BCUT2D eigenvalue weighted by atomic mass is 10.1. The molecule has 2 rings (SSSR count). The first-order valence-corrected chi connectivity index (χ1v) is 5.76. The molecule has 5 heteroatoms. The monoisotopic (exact) mass is 249 g/mol. The van der Waals surface area contributed by atoms with Crippen molar-refractivity contribution in [2.75, 3.05) is 13.6 Å². The van der Waals surface area contributed by atoms with Gasteiger partial charge in [-0.25, -0.2) is 9.37 Å². The third-order valence-electron chi connectivity index (χ3n) is 2.84. The van der Waals surface area contributed by atoms with Crippen molar-refractivity contribution in [3.8, 4) is 5.69 Å². The summed E-state index contributed by atoms with van der Waals surface area (Å²) in [4.78, 5) is 4.06. The second kappa shape index (κ2) is 5.29. The number of likely N-dealkylation sites (N-methyl/N-ethyl adjacent to an activating group) is 1. The average Bonchev–Trinajstić information content (AvgIpc) is 2.75. The zero-order valence-corrected chi connectivity index (χ0v) is 10.4. The molecule has 0 aliphatic carbocycles. The maximum atomic E-state index is 14.0. The van der Waals surface area contributed by atoms with E-state index in [2.05, 4.69) is 10.3 Å². The highest BCUT2D eigenvalue weighted by Crippen LogP contribution is 2.20. The standard InChI is InChI=1S/C13H16FN3O/c1-9-16-5-6-17(9)12-4-3-10(7-11(12)14)13(18)8-15-2/h3-7,13,15,18H,8H2,1-2H3. The average molecular weight is 249 g/mol. The zero-order chi connectivity index (χ0) is 13.1. The third-order valence-corrected chi connectivity index (χ3v) is 2.84. The fourth-order valence-corrected chi connectivity index (χ4v) is 1.87. The molecule has 0 fully saturated rings. The van der Waals surface area contributed by atoms with Crippen LogP contribution in [0.5, 0.6) is 0 Å². The summed E-state index contributed by atoms with van der Waals surface area (Å²) in [5.74, 6) is 0.348. The minimum absolute atomic E-state index is 0.372. The van der Waals surface area contributed by atoms with Gasteiger partial charge in [-0.3, -0.25) is 0 Å². The molecule has 96 valence electrons. The van der Waals surface area contributed by atoms with Gasteiger partial charge in [0.25, 0.3) is 0 Å². The Balaban J connectivity index is 2.34. The molecule has 4 nitrogen and oxygen atoms in total. The van der Waals surface area contributed by atoms with Crippen LogP contribution in [0.4, 0.5) is 4.39 Å². The van der Waals surface area contributed by atoms with E-state index in [0.717, 1.165) is 5.82 Å². The molecule has 0 aliphatic heterocycles. The summed E-state index contributed by atoms with van der Waals surface area (Å²) in [6.07, 6.45) is 2.62. The lowest BCUT2D eigenvalue weighted by Gasteiger charge is -2.12. The van der Waals surface area contributed by atoms with Crippen molar-refractivity contribution in [1.29, 1.82) is 0 Å². The van der Waals surface area contributed by atoms with Gasteiger partial charge in [-0.1, -0.05) is 6.07 Å². The topological polar surface area (TPSA) is 50.1 Å². The summed E-state index contributed by atoms with van der Waals surface area (Å²) in [6, 6.07) is 4.73. The number of aromatic nitrogens is 2. The van der Waals surface area contributed by atoms with Gasteiger partial charge in [0.15, 0.2) is 0 Å². The Morgan fingerprint density at radius 2 is 2.28 bits per heavy atom. The van der Waals surface area contributed by atoms with Crippen LogP contribution in [-0.2, 0) is 0 Å². The second-order valence-corrected chi connectivity index (χ2v) is 4.13. The van der Waals surface area contributed by atoms with Gasteiger partial charge >= 0.3 is 0 Å². The van der Waals surface area contributed by atoms with Gasteiger partial charge in [-0.15, -0.1) is 0 Å². The van der Waals surface area contributed by atoms with Crippen LogP contribution >= 0.6 is 0 Å². The van der Waals surface area contributed by atoms with E-state index in [9.17, 15) is 9.50 Å². The predicted molar refractivity (Wildman–Crippen MR) is 67.1 cm³/mol. The van der Waals surface area contributed by atoms with Gasteiger partial charge in [-0.2, -0.15) is 0 Å². The molecule has 0 aliphatic rings. The van der Waals surface area contributed by atoms with E-state index in [4.69, 9.17) is 0 Å². The van der Waals surface area contributed by atoms with Gasteiger partial charge in [0.1, 0.15) is 11.6 Å². The van der Waals surface area contributed by atoms with Gasteiger partial charge < -0.3 is 15.0 Å².